The molecule has 3 heterocycles. The second-order valence-corrected chi connectivity index (χ2v) is 5.73. The molecule has 0 saturated carbocycles. The van der Waals surface area contributed by atoms with Gasteiger partial charge < -0.3 is 25.1 Å². The fraction of sp³-hybridized carbons (Fsp3) is 0.714. The SMILES string of the molecule is Nc1nonc1/C(=N/OCC(=O)N1CCOCC1)N1CCCCC1. The summed E-state index contributed by atoms with van der Waals surface area (Å²) in [7, 11) is 0. The molecule has 2 fully saturated rings. The molecular weight excluding hydrogens is 316 g/mol. The molecule has 0 radical (unpaired) electrons. The number of nitrogens with two attached hydrogens (primary N) is 1. The Labute approximate surface area is 139 Å². The van der Waals surface area contributed by atoms with Crippen LogP contribution in [0.3, 0.4) is 0 Å². The Morgan fingerprint density at radius 1 is 1.12 bits per heavy atom. The number of amides is 1. The van der Waals surface area contributed by atoms with E-state index in [4.69, 9.17) is 15.3 Å². The van der Waals surface area contributed by atoms with E-state index in [0.29, 0.717) is 37.8 Å². The molecule has 0 spiro atoms. The number of rotatable bonds is 4. The highest BCUT2D eigenvalue weighted by molar-refractivity contribution is 6.00. The third-order valence-electron chi connectivity index (χ3n) is 4.08. The summed E-state index contributed by atoms with van der Waals surface area (Å²) >= 11 is 0. The molecule has 0 bridgehead atoms. The molecule has 2 aliphatic rings. The van der Waals surface area contributed by atoms with Gasteiger partial charge in [-0.15, -0.1) is 0 Å². The molecule has 0 unspecified atom stereocenters. The third-order valence-corrected chi connectivity index (χ3v) is 4.08. The number of morpholine rings is 1. The maximum Gasteiger partial charge on any atom is 0.263 e. The molecule has 0 aliphatic carbocycles. The largest absolute Gasteiger partial charge is 0.384 e. The van der Waals surface area contributed by atoms with Gasteiger partial charge in [-0.05, 0) is 29.6 Å². The number of anilines is 1. The fourth-order valence-corrected chi connectivity index (χ4v) is 2.76. The molecule has 24 heavy (non-hydrogen) atoms. The minimum atomic E-state index is -0.136. The van der Waals surface area contributed by atoms with Crippen LogP contribution in [0.1, 0.15) is 25.0 Å². The van der Waals surface area contributed by atoms with Gasteiger partial charge in [0.25, 0.3) is 5.91 Å². The number of amidine groups is 1. The van der Waals surface area contributed by atoms with Crippen molar-refractivity contribution in [1.82, 2.24) is 20.1 Å². The van der Waals surface area contributed by atoms with Gasteiger partial charge in [0.2, 0.25) is 5.84 Å². The summed E-state index contributed by atoms with van der Waals surface area (Å²) in [5.41, 5.74) is 6.12. The number of hydrogen-bond donors (Lipinski definition) is 1. The molecule has 1 aromatic rings. The predicted molar refractivity (Wildman–Crippen MR) is 84.0 cm³/mol. The number of nitrogens with zero attached hydrogens (tertiary/aromatic N) is 5. The highest BCUT2D eigenvalue weighted by Crippen LogP contribution is 2.16. The van der Waals surface area contributed by atoms with Crippen molar-refractivity contribution in [2.24, 2.45) is 5.16 Å². The number of hydrogen-bond acceptors (Lipinski definition) is 8. The van der Waals surface area contributed by atoms with Crippen LogP contribution in [0.5, 0.6) is 0 Å². The summed E-state index contributed by atoms with van der Waals surface area (Å²) in [6.07, 6.45) is 3.28. The van der Waals surface area contributed by atoms with E-state index in [-0.39, 0.29) is 18.3 Å². The molecule has 1 aromatic heterocycles. The van der Waals surface area contributed by atoms with Crippen LogP contribution in [-0.4, -0.2) is 77.9 Å². The molecule has 132 valence electrons. The van der Waals surface area contributed by atoms with Gasteiger partial charge >= 0.3 is 0 Å². The molecular formula is C14H22N6O4. The highest BCUT2D eigenvalue weighted by Gasteiger charge is 2.24. The Bertz CT molecular complexity index is 578. The Balaban J connectivity index is 1.65. The van der Waals surface area contributed by atoms with Crippen molar-refractivity contribution in [3.05, 3.63) is 5.69 Å². The number of piperidine rings is 1. The zero-order valence-electron chi connectivity index (χ0n) is 13.5. The Morgan fingerprint density at radius 2 is 1.88 bits per heavy atom. The van der Waals surface area contributed by atoms with Gasteiger partial charge in [-0.2, -0.15) is 0 Å². The lowest BCUT2D eigenvalue weighted by atomic mass is 10.1. The van der Waals surface area contributed by atoms with Crippen molar-refractivity contribution in [2.45, 2.75) is 19.3 Å². The minimum absolute atomic E-state index is 0.119. The van der Waals surface area contributed by atoms with Gasteiger partial charge in [0, 0.05) is 26.2 Å². The number of carbonyl (C=O) groups is 1. The first-order chi connectivity index (χ1) is 11.8. The smallest absolute Gasteiger partial charge is 0.263 e. The van der Waals surface area contributed by atoms with Crippen LogP contribution in [-0.2, 0) is 14.4 Å². The summed E-state index contributed by atoms with van der Waals surface area (Å²) in [5, 5.41) is 11.5. The monoisotopic (exact) mass is 338 g/mol. The first-order valence-electron chi connectivity index (χ1n) is 8.14. The summed E-state index contributed by atoms with van der Waals surface area (Å²) in [6.45, 7) is 3.76. The van der Waals surface area contributed by atoms with Crippen molar-refractivity contribution >= 4 is 17.6 Å². The minimum Gasteiger partial charge on any atom is -0.384 e. The van der Waals surface area contributed by atoms with Crippen LogP contribution in [0.4, 0.5) is 5.82 Å². The van der Waals surface area contributed by atoms with Crippen LogP contribution in [0.15, 0.2) is 9.78 Å². The number of ether oxygens (including phenoxy) is 1. The van der Waals surface area contributed by atoms with Crippen LogP contribution in [0.2, 0.25) is 0 Å². The van der Waals surface area contributed by atoms with E-state index in [9.17, 15) is 4.79 Å². The third kappa shape index (κ3) is 3.94. The molecule has 0 atom stereocenters. The number of aromatic nitrogens is 2. The van der Waals surface area contributed by atoms with E-state index in [0.717, 1.165) is 25.9 Å². The maximum absolute atomic E-state index is 12.1. The second kappa shape index (κ2) is 7.95. The standard InChI is InChI=1S/C14H22N6O4/c15-13-12(16-24-17-13)14(20-4-2-1-3-5-20)18-23-10-11(21)19-6-8-22-9-7-19/h1-10H2,(H2,15,17)/b18-14-. The first-order valence-corrected chi connectivity index (χ1v) is 8.14. The van der Waals surface area contributed by atoms with E-state index < -0.39 is 0 Å². The Morgan fingerprint density at radius 3 is 2.54 bits per heavy atom. The lowest BCUT2D eigenvalue weighted by Gasteiger charge is -2.28. The second-order valence-electron chi connectivity index (χ2n) is 5.73. The van der Waals surface area contributed by atoms with Gasteiger partial charge in [-0.1, -0.05) is 5.16 Å². The van der Waals surface area contributed by atoms with Gasteiger partial charge in [-0.3, -0.25) is 4.79 Å². The average molecular weight is 338 g/mol. The van der Waals surface area contributed by atoms with Crippen LogP contribution in [0.25, 0.3) is 0 Å². The van der Waals surface area contributed by atoms with E-state index in [1.54, 1.807) is 4.90 Å². The Kier molecular flexibility index (Phi) is 5.47. The van der Waals surface area contributed by atoms with Gasteiger partial charge in [0.1, 0.15) is 0 Å². The highest BCUT2D eigenvalue weighted by atomic mass is 16.6. The van der Waals surface area contributed by atoms with E-state index >= 15 is 0 Å². The fourth-order valence-electron chi connectivity index (χ4n) is 2.76. The number of likely N-dealkylation sites (tertiary alicyclic amines) is 1. The van der Waals surface area contributed by atoms with Crippen molar-refractivity contribution in [2.75, 3.05) is 51.7 Å². The predicted octanol–water partition coefficient (Wildman–Crippen LogP) is -0.325. The number of nitrogen functional groups attached to an aromatic ring is 1. The molecule has 3 rings (SSSR count). The topological polar surface area (TPSA) is 119 Å². The summed E-state index contributed by atoms with van der Waals surface area (Å²) < 4.78 is 9.89. The molecule has 10 heteroatoms. The van der Waals surface area contributed by atoms with Crippen LogP contribution >= 0.6 is 0 Å². The molecule has 2 aliphatic heterocycles. The molecule has 2 N–H and O–H groups in total. The lowest BCUT2D eigenvalue weighted by molar-refractivity contribution is -0.140. The van der Waals surface area contributed by atoms with Crippen molar-refractivity contribution in [3.8, 4) is 0 Å². The average Bonchev–Trinajstić information content (AvgIpc) is 3.06. The van der Waals surface area contributed by atoms with Crippen LogP contribution in [0, 0.1) is 0 Å². The van der Waals surface area contributed by atoms with Crippen molar-refractivity contribution in [1.29, 1.82) is 0 Å². The molecule has 10 nitrogen and oxygen atoms in total. The molecule has 0 aromatic carbocycles. The zero-order valence-corrected chi connectivity index (χ0v) is 13.5. The quantitative estimate of drug-likeness (QED) is 0.450. The molecule has 2 saturated heterocycles. The van der Waals surface area contributed by atoms with Crippen molar-refractivity contribution in [3.63, 3.8) is 0 Å². The summed E-state index contributed by atoms with van der Waals surface area (Å²) in [6, 6.07) is 0. The molecule has 1 amide bonds. The van der Waals surface area contributed by atoms with E-state index in [2.05, 4.69) is 20.1 Å². The summed E-state index contributed by atoms with van der Waals surface area (Å²) in [5.74, 6) is 0.497. The van der Waals surface area contributed by atoms with Crippen molar-refractivity contribution < 1.29 is 19.0 Å². The lowest BCUT2D eigenvalue weighted by Crippen LogP contribution is -2.42. The zero-order chi connectivity index (χ0) is 16.8. The summed E-state index contributed by atoms with van der Waals surface area (Å²) in [4.78, 5) is 21.1. The van der Waals surface area contributed by atoms with E-state index in [1.807, 2.05) is 4.90 Å². The maximum atomic E-state index is 12.1. The Hall–Kier alpha value is -2.36. The first kappa shape index (κ1) is 16.5. The van der Waals surface area contributed by atoms with Crippen LogP contribution < -0.4 is 5.73 Å². The normalized spacial score (nSPS) is 19.4. The number of carbonyl (C=O) groups excluding carboxylic acids is 1. The number of oxime groups is 1. The van der Waals surface area contributed by atoms with Gasteiger partial charge in [-0.25, -0.2) is 4.63 Å². The van der Waals surface area contributed by atoms with Gasteiger partial charge in [0.05, 0.1) is 13.2 Å². The van der Waals surface area contributed by atoms with Gasteiger partial charge in [0.15, 0.2) is 18.1 Å². The van der Waals surface area contributed by atoms with E-state index in [1.165, 1.54) is 6.42 Å².